The quantitative estimate of drug-likeness (QED) is 0.568. The molecule has 0 spiro atoms. The minimum Gasteiger partial charge on any atom is -0.265 e. The summed E-state index contributed by atoms with van der Waals surface area (Å²) in [6.07, 6.45) is 7.14. The molecule has 0 atom stereocenters. The summed E-state index contributed by atoms with van der Waals surface area (Å²) < 4.78 is 0. The van der Waals surface area contributed by atoms with Crippen molar-refractivity contribution in [2.45, 2.75) is 0 Å². The van der Waals surface area contributed by atoms with Crippen molar-refractivity contribution in [1.29, 1.82) is 0 Å². The number of aryl methyl sites for hydroxylation is 1. The third kappa shape index (κ3) is 2.03. The first kappa shape index (κ1) is 12.6. The first-order valence-corrected chi connectivity index (χ1v) is 6.98. The Morgan fingerprint density at radius 2 is 1.05 bits per heavy atom. The zero-order valence-corrected chi connectivity index (χ0v) is 12.0. The zero-order chi connectivity index (χ0) is 14.9. The van der Waals surface area contributed by atoms with Gasteiger partial charge in [0.2, 0.25) is 0 Å². The van der Waals surface area contributed by atoms with Gasteiger partial charge in [-0.05, 0) is 35.4 Å². The normalized spacial score (nSPS) is 11.0. The van der Waals surface area contributed by atoms with Crippen LogP contribution in [0.3, 0.4) is 0 Å². The third-order valence-corrected chi connectivity index (χ3v) is 3.62. The molecule has 0 fully saturated rings. The maximum Gasteiger partial charge on any atom is 0.121 e. The first-order valence-electron chi connectivity index (χ1n) is 6.98. The molecule has 0 radical (unpaired) electrons. The van der Waals surface area contributed by atoms with Crippen molar-refractivity contribution < 1.29 is 0 Å². The van der Waals surface area contributed by atoms with Gasteiger partial charge in [0.25, 0.3) is 0 Å². The molecule has 0 aliphatic carbocycles. The summed E-state index contributed by atoms with van der Waals surface area (Å²) in [6.45, 7) is 0. The summed E-state index contributed by atoms with van der Waals surface area (Å²) in [7, 11) is 1.84. The Kier molecular flexibility index (Phi) is 2.89. The lowest BCUT2D eigenvalue weighted by molar-refractivity contribution is 0.665. The van der Waals surface area contributed by atoms with Gasteiger partial charge in [-0.25, -0.2) is 0 Å². The molecule has 3 aromatic heterocycles. The Morgan fingerprint density at radius 3 is 1.45 bits per heavy atom. The van der Waals surface area contributed by atoms with E-state index in [0.29, 0.717) is 0 Å². The van der Waals surface area contributed by atoms with Crippen molar-refractivity contribution in [3.63, 3.8) is 0 Å². The minimum absolute atomic E-state index is 0.892. The van der Waals surface area contributed by atoms with E-state index in [4.69, 9.17) is 0 Å². The highest BCUT2D eigenvalue weighted by molar-refractivity contribution is 6.00. The van der Waals surface area contributed by atoms with Gasteiger partial charge >= 0.3 is 0 Å². The lowest BCUT2D eigenvalue weighted by Crippen LogP contribution is -1.91. The van der Waals surface area contributed by atoms with Crippen molar-refractivity contribution in [3.05, 3.63) is 61.2 Å². The van der Waals surface area contributed by atoms with Crippen molar-refractivity contribution in [2.75, 3.05) is 0 Å². The van der Waals surface area contributed by atoms with E-state index in [1.807, 2.05) is 31.3 Å². The van der Waals surface area contributed by atoms with Crippen molar-refractivity contribution in [2.24, 2.45) is 7.05 Å². The maximum absolute atomic E-state index is 4.55. The largest absolute Gasteiger partial charge is 0.265 e. The van der Waals surface area contributed by atoms with Gasteiger partial charge in [0.1, 0.15) is 11.0 Å². The van der Waals surface area contributed by atoms with Crippen LogP contribution in [0.1, 0.15) is 0 Å². The molecule has 22 heavy (non-hydrogen) atoms. The summed E-state index contributed by atoms with van der Waals surface area (Å²) in [5.41, 5.74) is 6.07. The Morgan fingerprint density at radius 1 is 0.636 bits per heavy atom. The molecule has 4 rings (SSSR count). The molecular formula is C17H13N5. The summed E-state index contributed by atoms with van der Waals surface area (Å²) in [5.74, 6) is 0. The molecule has 0 aliphatic heterocycles. The minimum atomic E-state index is 0.892. The lowest BCUT2D eigenvalue weighted by Gasteiger charge is -2.06. The molecular weight excluding hydrogens is 274 g/mol. The molecule has 0 unspecified atom stereocenters. The standard InChI is InChI=1S/C17H13N5/c1-22-20-16-14(12-4-8-18-9-5-12)2-3-15(17(16)21-22)13-6-10-19-11-7-13/h2-11H,1H3. The molecule has 1 aromatic carbocycles. The number of aromatic nitrogens is 5. The molecule has 5 heteroatoms. The van der Waals surface area contributed by atoms with Gasteiger partial charge in [0.05, 0.1) is 0 Å². The van der Waals surface area contributed by atoms with Crippen LogP contribution in [0.15, 0.2) is 61.2 Å². The summed E-state index contributed by atoms with van der Waals surface area (Å²) >= 11 is 0. The van der Waals surface area contributed by atoms with Gasteiger partial charge in [0, 0.05) is 43.0 Å². The van der Waals surface area contributed by atoms with E-state index in [1.165, 1.54) is 0 Å². The second-order valence-corrected chi connectivity index (χ2v) is 5.02. The highest BCUT2D eigenvalue weighted by Gasteiger charge is 2.13. The summed E-state index contributed by atoms with van der Waals surface area (Å²) in [6, 6.07) is 12.1. The van der Waals surface area contributed by atoms with Gasteiger partial charge in [-0.1, -0.05) is 12.1 Å². The monoisotopic (exact) mass is 287 g/mol. The van der Waals surface area contributed by atoms with Crippen LogP contribution in [0.5, 0.6) is 0 Å². The van der Waals surface area contributed by atoms with E-state index in [1.54, 1.807) is 29.6 Å². The molecule has 0 saturated carbocycles. The number of fused-ring (bicyclic) bond motifs is 1. The van der Waals surface area contributed by atoms with E-state index >= 15 is 0 Å². The van der Waals surface area contributed by atoms with Crippen LogP contribution in [0, 0.1) is 0 Å². The molecule has 0 N–H and O–H groups in total. The van der Waals surface area contributed by atoms with Gasteiger partial charge in [0.15, 0.2) is 0 Å². The molecule has 0 bridgehead atoms. The average Bonchev–Trinajstić information content (AvgIpc) is 2.97. The fraction of sp³-hybridized carbons (Fsp3) is 0.0588. The van der Waals surface area contributed by atoms with Gasteiger partial charge in [-0.2, -0.15) is 15.0 Å². The Balaban J connectivity index is 2.00. The molecule has 3 heterocycles. The van der Waals surface area contributed by atoms with E-state index < -0.39 is 0 Å². The van der Waals surface area contributed by atoms with Crippen molar-refractivity contribution >= 4 is 11.0 Å². The second-order valence-electron chi connectivity index (χ2n) is 5.02. The van der Waals surface area contributed by atoms with Gasteiger partial charge in [-0.3, -0.25) is 9.97 Å². The predicted molar refractivity (Wildman–Crippen MR) is 85.0 cm³/mol. The topological polar surface area (TPSA) is 56.5 Å². The second kappa shape index (κ2) is 5.04. The number of rotatable bonds is 2. The molecule has 0 aliphatic rings. The van der Waals surface area contributed by atoms with Gasteiger partial charge < -0.3 is 0 Å². The van der Waals surface area contributed by atoms with Gasteiger partial charge in [-0.15, -0.1) is 0 Å². The summed E-state index contributed by atoms with van der Waals surface area (Å²) in [4.78, 5) is 9.76. The molecule has 0 saturated heterocycles. The van der Waals surface area contributed by atoms with Crippen LogP contribution >= 0.6 is 0 Å². The Bertz CT molecular complexity index is 853. The van der Waals surface area contributed by atoms with E-state index in [9.17, 15) is 0 Å². The van der Waals surface area contributed by atoms with Crippen molar-refractivity contribution in [1.82, 2.24) is 25.0 Å². The number of hydrogen-bond donors (Lipinski definition) is 0. The molecule has 106 valence electrons. The number of pyridine rings is 2. The average molecular weight is 287 g/mol. The fourth-order valence-electron chi connectivity index (χ4n) is 2.62. The number of hydrogen-bond acceptors (Lipinski definition) is 4. The Hall–Kier alpha value is -3.08. The van der Waals surface area contributed by atoms with Crippen LogP contribution in [-0.2, 0) is 7.05 Å². The predicted octanol–water partition coefficient (Wildman–Crippen LogP) is 3.09. The smallest absolute Gasteiger partial charge is 0.121 e. The van der Waals surface area contributed by atoms with Crippen molar-refractivity contribution in [3.8, 4) is 22.3 Å². The maximum atomic E-state index is 4.55. The summed E-state index contributed by atoms with van der Waals surface area (Å²) in [5, 5.41) is 9.09. The fourth-order valence-corrected chi connectivity index (χ4v) is 2.62. The highest BCUT2D eigenvalue weighted by atomic mass is 15.4. The van der Waals surface area contributed by atoms with Crippen LogP contribution in [0.4, 0.5) is 0 Å². The Labute approximate surface area is 127 Å². The van der Waals surface area contributed by atoms with Crippen LogP contribution in [-0.4, -0.2) is 25.0 Å². The first-order chi connectivity index (χ1) is 10.8. The highest BCUT2D eigenvalue weighted by Crippen LogP contribution is 2.33. The third-order valence-electron chi connectivity index (χ3n) is 3.62. The zero-order valence-electron chi connectivity index (χ0n) is 12.0. The molecule has 4 aromatic rings. The lowest BCUT2D eigenvalue weighted by atomic mass is 9.99. The van der Waals surface area contributed by atoms with Crippen LogP contribution in [0.25, 0.3) is 33.3 Å². The number of benzene rings is 1. The molecule has 5 nitrogen and oxygen atoms in total. The molecule has 0 amide bonds. The van der Waals surface area contributed by atoms with E-state index in [2.05, 4.69) is 32.3 Å². The van der Waals surface area contributed by atoms with Crippen LogP contribution in [0.2, 0.25) is 0 Å². The van der Waals surface area contributed by atoms with E-state index in [0.717, 1.165) is 33.3 Å². The SMILES string of the molecule is Cn1nc2c(-c3ccncc3)ccc(-c3ccncc3)c2n1. The van der Waals surface area contributed by atoms with E-state index in [-0.39, 0.29) is 0 Å². The van der Waals surface area contributed by atoms with Crippen LogP contribution < -0.4 is 0 Å². The number of nitrogens with zero attached hydrogens (tertiary/aromatic N) is 5.